The third-order valence-corrected chi connectivity index (χ3v) is 1.39. The molecule has 0 aliphatic heterocycles. The van der Waals surface area contributed by atoms with Gasteiger partial charge in [-0.05, 0) is 6.42 Å². The molecule has 0 aliphatic carbocycles. The standard InChI is InChI=1S/C8H15O2.Mo/c1-2-3-4-5-6-7-8(9)10;/h1-7H2,(H,9,10);/q-1;. The Morgan fingerprint density at radius 1 is 1.18 bits per heavy atom. The van der Waals surface area contributed by atoms with E-state index < -0.39 is 5.97 Å². The Labute approximate surface area is 82.6 Å². The number of rotatable bonds is 6. The maximum Gasteiger partial charge on any atom is 0.303 e. The largest absolute Gasteiger partial charge is 0.481 e. The zero-order valence-electron chi connectivity index (χ0n) is 6.71. The molecule has 0 aliphatic rings. The first-order chi connectivity index (χ1) is 4.77. The predicted molar refractivity (Wildman–Crippen MR) is 40.7 cm³/mol. The van der Waals surface area contributed by atoms with Crippen molar-refractivity contribution >= 4 is 5.97 Å². The third kappa shape index (κ3) is 13.2. The summed E-state index contributed by atoms with van der Waals surface area (Å²) in [5, 5.41) is 8.26. The van der Waals surface area contributed by atoms with E-state index in [0.717, 1.165) is 32.1 Å². The van der Waals surface area contributed by atoms with Crippen LogP contribution in [0.15, 0.2) is 0 Å². The van der Waals surface area contributed by atoms with Crippen molar-refractivity contribution in [2.24, 2.45) is 0 Å². The van der Waals surface area contributed by atoms with Crippen LogP contribution in [0.2, 0.25) is 0 Å². The molecule has 0 saturated heterocycles. The average Bonchev–Trinajstić information content (AvgIpc) is 1.87. The maximum absolute atomic E-state index is 10.0. The van der Waals surface area contributed by atoms with Crippen molar-refractivity contribution in [3.63, 3.8) is 0 Å². The molecule has 0 bridgehead atoms. The van der Waals surface area contributed by atoms with Crippen molar-refractivity contribution in [3.05, 3.63) is 6.92 Å². The number of carboxylic acids is 1. The Balaban J connectivity index is 0. The molecule has 1 N–H and O–H groups in total. The molecule has 0 unspecified atom stereocenters. The molecule has 0 aromatic carbocycles. The van der Waals surface area contributed by atoms with Crippen LogP contribution in [0.1, 0.15) is 38.5 Å². The van der Waals surface area contributed by atoms with Crippen LogP contribution in [0, 0.1) is 6.92 Å². The van der Waals surface area contributed by atoms with Gasteiger partial charge in [0.15, 0.2) is 0 Å². The van der Waals surface area contributed by atoms with Crippen LogP contribution < -0.4 is 0 Å². The van der Waals surface area contributed by atoms with Gasteiger partial charge in [-0.1, -0.05) is 19.3 Å². The fourth-order valence-electron chi connectivity index (χ4n) is 0.807. The summed E-state index contributed by atoms with van der Waals surface area (Å²) in [6.07, 6.45) is 5.37. The summed E-state index contributed by atoms with van der Waals surface area (Å²) in [4.78, 5) is 10.0. The predicted octanol–water partition coefficient (Wildman–Crippen LogP) is 2.24. The molecule has 0 rings (SSSR count). The molecule has 0 heterocycles. The molecule has 0 aromatic heterocycles. The Bertz CT molecular complexity index is 94.1. The van der Waals surface area contributed by atoms with Crippen molar-refractivity contribution in [2.45, 2.75) is 38.5 Å². The zero-order valence-corrected chi connectivity index (χ0v) is 8.72. The zero-order chi connectivity index (χ0) is 7.82. The van der Waals surface area contributed by atoms with Crippen molar-refractivity contribution in [3.8, 4) is 0 Å². The SMILES string of the molecule is [CH2-]CCCCCCC(=O)O.[Mo]. The third-order valence-electron chi connectivity index (χ3n) is 1.39. The minimum atomic E-state index is -0.686. The summed E-state index contributed by atoms with van der Waals surface area (Å²) < 4.78 is 0. The molecule has 0 aromatic rings. The van der Waals surface area contributed by atoms with E-state index in [4.69, 9.17) is 5.11 Å². The van der Waals surface area contributed by atoms with Gasteiger partial charge in [-0.2, -0.15) is 6.42 Å². The molecule has 0 saturated carbocycles. The molecule has 2 nitrogen and oxygen atoms in total. The van der Waals surface area contributed by atoms with Gasteiger partial charge in [0.2, 0.25) is 0 Å². The smallest absolute Gasteiger partial charge is 0.303 e. The van der Waals surface area contributed by atoms with Crippen LogP contribution in [-0.2, 0) is 25.9 Å². The first-order valence-electron chi connectivity index (χ1n) is 3.78. The molecule has 0 spiro atoms. The van der Waals surface area contributed by atoms with Gasteiger partial charge in [-0.25, -0.2) is 0 Å². The topological polar surface area (TPSA) is 37.3 Å². The monoisotopic (exact) mass is 241 g/mol. The molecular formula is C8H15MoO2-. The van der Waals surface area contributed by atoms with E-state index in [0.29, 0.717) is 6.42 Å². The summed E-state index contributed by atoms with van der Waals surface area (Å²) in [7, 11) is 0. The molecule has 0 fully saturated rings. The van der Waals surface area contributed by atoms with Crippen LogP contribution >= 0.6 is 0 Å². The van der Waals surface area contributed by atoms with Gasteiger partial charge in [0.1, 0.15) is 0 Å². The van der Waals surface area contributed by atoms with Gasteiger partial charge in [0, 0.05) is 27.5 Å². The van der Waals surface area contributed by atoms with E-state index in [1.165, 1.54) is 0 Å². The Morgan fingerprint density at radius 2 is 1.73 bits per heavy atom. The first kappa shape index (κ1) is 13.7. The van der Waals surface area contributed by atoms with E-state index in [1.807, 2.05) is 0 Å². The second kappa shape index (κ2) is 10.2. The van der Waals surface area contributed by atoms with E-state index >= 15 is 0 Å². The van der Waals surface area contributed by atoms with Gasteiger partial charge in [0.05, 0.1) is 0 Å². The number of carbonyl (C=O) groups is 1. The summed E-state index contributed by atoms with van der Waals surface area (Å²) in [5.74, 6) is -0.686. The Kier molecular flexibility index (Phi) is 12.7. The van der Waals surface area contributed by atoms with Gasteiger partial charge < -0.3 is 12.0 Å². The summed E-state index contributed by atoms with van der Waals surface area (Å²) in [6, 6.07) is 0. The molecule has 0 radical (unpaired) electrons. The van der Waals surface area contributed by atoms with Gasteiger partial charge in [-0.3, -0.25) is 4.79 Å². The summed E-state index contributed by atoms with van der Waals surface area (Å²) in [6.45, 7) is 3.70. The fourth-order valence-corrected chi connectivity index (χ4v) is 0.807. The maximum atomic E-state index is 10.0. The molecule has 0 amide bonds. The normalized spacial score (nSPS) is 8.82. The van der Waals surface area contributed by atoms with Gasteiger partial charge in [0.25, 0.3) is 0 Å². The quantitative estimate of drug-likeness (QED) is 0.438. The van der Waals surface area contributed by atoms with E-state index in [-0.39, 0.29) is 21.1 Å². The number of hydrogen-bond acceptors (Lipinski definition) is 1. The average molecular weight is 239 g/mol. The minimum absolute atomic E-state index is 0. The molecule has 66 valence electrons. The van der Waals surface area contributed by atoms with E-state index in [9.17, 15) is 4.79 Å². The molecule has 0 atom stereocenters. The molecule has 11 heavy (non-hydrogen) atoms. The Morgan fingerprint density at radius 3 is 2.18 bits per heavy atom. The van der Waals surface area contributed by atoms with Gasteiger partial charge in [-0.15, -0.1) is 0 Å². The van der Waals surface area contributed by atoms with Crippen LogP contribution in [0.25, 0.3) is 0 Å². The van der Waals surface area contributed by atoms with Crippen molar-refractivity contribution in [1.29, 1.82) is 0 Å². The van der Waals surface area contributed by atoms with Crippen molar-refractivity contribution in [2.75, 3.05) is 0 Å². The van der Waals surface area contributed by atoms with Crippen LogP contribution in [0.4, 0.5) is 0 Å². The summed E-state index contributed by atoms with van der Waals surface area (Å²) >= 11 is 0. The second-order valence-electron chi connectivity index (χ2n) is 2.41. The molecule has 3 heteroatoms. The van der Waals surface area contributed by atoms with Gasteiger partial charge >= 0.3 is 5.97 Å². The number of hydrogen-bond donors (Lipinski definition) is 1. The molecular weight excluding hydrogens is 224 g/mol. The van der Waals surface area contributed by atoms with Crippen LogP contribution in [-0.4, -0.2) is 11.1 Å². The van der Waals surface area contributed by atoms with Crippen LogP contribution in [0.5, 0.6) is 0 Å². The fraction of sp³-hybridized carbons (Fsp3) is 0.750. The first-order valence-corrected chi connectivity index (χ1v) is 3.78. The number of carboxylic acid groups (broad SMARTS) is 1. The number of aliphatic carboxylic acids is 1. The summed E-state index contributed by atoms with van der Waals surface area (Å²) in [5.41, 5.74) is 0. The van der Waals surface area contributed by atoms with E-state index in [1.54, 1.807) is 0 Å². The van der Waals surface area contributed by atoms with Crippen molar-refractivity contribution in [1.82, 2.24) is 0 Å². The van der Waals surface area contributed by atoms with E-state index in [2.05, 4.69) is 6.92 Å². The second-order valence-corrected chi connectivity index (χ2v) is 2.41. The Hall–Kier alpha value is 0.158. The van der Waals surface area contributed by atoms with Crippen LogP contribution in [0.3, 0.4) is 0 Å². The number of unbranched alkanes of at least 4 members (excludes halogenated alkanes) is 4. The minimum Gasteiger partial charge on any atom is -0.481 e. The van der Waals surface area contributed by atoms with Crippen molar-refractivity contribution < 1.29 is 31.0 Å².